The highest BCUT2D eigenvalue weighted by Gasteiger charge is 2.31. The van der Waals surface area contributed by atoms with Crippen LogP contribution in [-0.4, -0.2) is 62.8 Å². The van der Waals surface area contributed by atoms with Crippen LogP contribution in [0.1, 0.15) is 0 Å². The molecule has 1 aromatic carbocycles. The maximum absolute atomic E-state index is 14.1. The highest BCUT2D eigenvalue weighted by Crippen LogP contribution is 2.35. The van der Waals surface area contributed by atoms with Crippen molar-refractivity contribution in [2.75, 3.05) is 25.0 Å². The summed E-state index contributed by atoms with van der Waals surface area (Å²) in [6.07, 6.45) is 2.52. The number of nitrogens with zero attached hydrogens (tertiary/aromatic N) is 5. The maximum atomic E-state index is 14.1. The summed E-state index contributed by atoms with van der Waals surface area (Å²) in [7, 11) is 1.84. The summed E-state index contributed by atoms with van der Waals surface area (Å²) in [5.41, 5.74) is 3.38. The number of nitrogens with one attached hydrogen (secondary N) is 2. The first kappa shape index (κ1) is 18.0. The zero-order valence-electron chi connectivity index (χ0n) is 15.5. The molecule has 3 N–H and O–H groups in total. The molecule has 0 bridgehead atoms. The third kappa shape index (κ3) is 3.19. The standard InChI is InChI=1S/C19H18FN7OS/c1-27(15-9-21-8-13(15)20)19-24-18-17(29-19)5-14(25-26-18)12-3-2-10(4-16(12)28)11-6-22-23-7-11/h2-7,13,15,21,28H,8-9H2,1H3,(H,22,23)/t13-,15-/m0/s1. The van der Waals surface area contributed by atoms with Gasteiger partial charge in [-0.05, 0) is 23.8 Å². The van der Waals surface area contributed by atoms with Gasteiger partial charge in [0.05, 0.1) is 22.6 Å². The van der Waals surface area contributed by atoms with Crippen molar-refractivity contribution in [3.8, 4) is 28.1 Å². The van der Waals surface area contributed by atoms with E-state index in [1.54, 1.807) is 24.5 Å². The van der Waals surface area contributed by atoms with E-state index in [1.807, 2.05) is 24.1 Å². The topological polar surface area (TPSA) is 103 Å². The molecule has 3 aromatic heterocycles. The lowest BCUT2D eigenvalue weighted by atomic mass is 10.0. The van der Waals surface area contributed by atoms with Crippen LogP contribution in [0, 0.1) is 0 Å². The van der Waals surface area contributed by atoms with Crippen LogP contribution < -0.4 is 10.2 Å². The third-order valence-corrected chi connectivity index (χ3v) is 6.24. The van der Waals surface area contributed by atoms with Gasteiger partial charge in [0.1, 0.15) is 11.9 Å². The van der Waals surface area contributed by atoms with Gasteiger partial charge in [0.25, 0.3) is 0 Å². The number of phenols is 1. The second kappa shape index (κ2) is 7.05. The van der Waals surface area contributed by atoms with Crippen LogP contribution >= 0.6 is 11.3 Å². The molecule has 0 unspecified atom stereocenters. The van der Waals surface area contributed by atoms with Gasteiger partial charge >= 0.3 is 0 Å². The Hall–Kier alpha value is -3.11. The zero-order valence-corrected chi connectivity index (χ0v) is 16.3. The molecule has 4 heterocycles. The molecule has 2 atom stereocenters. The minimum absolute atomic E-state index is 0.108. The van der Waals surface area contributed by atoms with Crippen molar-refractivity contribution in [2.45, 2.75) is 12.2 Å². The highest BCUT2D eigenvalue weighted by molar-refractivity contribution is 7.22. The van der Waals surface area contributed by atoms with Gasteiger partial charge in [-0.15, -0.1) is 10.2 Å². The molecule has 1 aliphatic heterocycles. The Bertz CT molecular complexity index is 1160. The van der Waals surface area contributed by atoms with Gasteiger partial charge in [0.15, 0.2) is 10.8 Å². The molecule has 4 aromatic rings. The SMILES string of the molecule is CN(c1nc2nnc(-c3ccc(-c4cn[nH]c4)cc3O)cc2s1)[C@H]1CNC[C@@H]1F. The number of benzene rings is 1. The fourth-order valence-electron chi connectivity index (χ4n) is 3.51. The van der Waals surface area contributed by atoms with Crippen molar-refractivity contribution in [3.63, 3.8) is 0 Å². The fourth-order valence-corrected chi connectivity index (χ4v) is 4.46. The Labute approximate surface area is 169 Å². The van der Waals surface area contributed by atoms with Crippen LogP contribution in [0.25, 0.3) is 32.7 Å². The number of aromatic amines is 1. The molecule has 8 nitrogen and oxygen atoms in total. The van der Waals surface area contributed by atoms with Crippen molar-refractivity contribution < 1.29 is 9.50 Å². The van der Waals surface area contributed by atoms with Gasteiger partial charge in [-0.2, -0.15) is 10.1 Å². The lowest BCUT2D eigenvalue weighted by molar-refractivity contribution is 0.326. The van der Waals surface area contributed by atoms with E-state index in [0.29, 0.717) is 35.1 Å². The van der Waals surface area contributed by atoms with Gasteiger partial charge in [0.2, 0.25) is 0 Å². The second-order valence-electron chi connectivity index (χ2n) is 6.99. The first-order valence-electron chi connectivity index (χ1n) is 9.14. The molecule has 5 rings (SSSR count). The van der Waals surface area contributed by atoms with Crippen molar-refractivity contribution in [3.05, 3.63) is 36.7 Å². The number of thiazole rings is 1. The van der Waals surface area contributed by atoms with Gasteiger partial charge in [-0.3, -0.25) is 5.10 Å². The fraction of sp³-hybridized carbons (Fsp3) is 0.263. The van der Waals surface area contributed by atoms with Crippen LogP contribution in [0.15, 0.2) is 36.7 Å². The van der Waals surface area contributed by atoms with E-state index in [4.69, 9.17) is 0 Å². The normalized spacial score (nSPS) is 19.1. The molecule has 0 amide bonds. The van der Waals surface area contributed by atoms with E-state index in [0.717, 1.165) is 15.8 Å². The number of aromatic nitrogens is 5. The molecule has 1 aliphatic rings. The number of hydrogen-bond donors (Lipinski definition) is 3. The summed E-state index contributed by atoms with van der Waals surface area (Å²) in [5.74, 6) is 0.108. The number of phenolic OH excluding ortho intramolecular Hbond substituents is 1. The Balaban J connectivity index is 1.47. The van der Waals surface area contributed by atoms with Crippen molar-refractivity contribution >= 4 is 26.8 Å². The van der Waals surface area contributed by atoms with E-state index in [1.165, 1.54) is 11.3 Å². The number of fused-ring (bicyclic) bond motifs is 1. The number of likely N-dealkylation sites (N-methyl/N-ethyl adjacent to an activating group) is 1. The van der Waals surface area contributed by atoms with Gasteiger partial charge < -0.3 is 15.3 Å². The molecule has 0 saturated carbocycles. The number of hydrogen-bond acceptors (Lipinski definition) is 8. The Morgan fingerprint density at radius 1 is 1.21 bits per heavy atom. The van der Waals surface area contributed by atoms with Crippen molar-refractivity contribution in [1.82, 2.24) is 30.7 Å². The van der Waals surface area contributed by atoms with Crippen LogP contribution in [0.4, 0.5) is 9.52 Å². The highest BCUT2D eigenvalue weighted by atomic mass is 32.1. The monoisotopic (exact) mass is 411 g/mol. The Morgan fingerprint density at radius 3 is 2.83 bits per heavy atom. The summed E-state index contributed by atoms with van der Waals surface area (Å²) in [6, 6.07) is 6.98. The van der Waals surface area contributed by atoms with Gasteiger partial charge in [0, 0.05) is 37.5 Å². The maximum Gasteiger partial charge on any atom is 0.194 e. The predicted octanol–water partition coefficient (Wildman–Crippen LogP) is 2.60. The van der Waals surface area contributed by atoms with Gasteiger partial charge in [-0.25, -0.2) is 4.39 Å². The number of aromatic hydroxyl groups is 1. The zero-order chi connectivity index (χ0) is 20.0. The van der Waals surface area contributed by atoms with Crippen LogP contribution in [-0.2, 0) is 0 Å². The average molecular weight is 411 g/mol. The largest absolute Gasteiger partial charge is 0.507 e. The number of alkyl halides is 1. The number of halogens is 1. The number of rotatable bonds is 4. The molecule has 0 spiro atoms. The molecule has 0 aliphatic carbocycles. The van der Waals surface area contributed by atoms with E-state index in [2.05, 4.69) is 30.7 Å². The lowest BCUT2D eigenvalue weighted by Crippen LogP contribution is -2.38. The third-order valence-electron chi connectivity index (χ3n) is 5.16. The Morgan fingerprint density at radius 2 is 2.10 bits per heavy atom. The summed E-state index contributed by atoms with van der Waals surface area (Å²) >= 11 is 1.43. The molecule has 29 heavy (non-hydrogen) atoms. The Kier molecular flexibility index (Phi) is 4.36. The van der Waals surface area contributed by atoms with Gasteiger partial charge in [-0.1, -0.05) is 17.4 Å². The molecule has 0 radical (unpaired) electrons. The number of H-pyrrole nitrogens is 1. The molecule has 148 valence electrons. The van der Waals surface area contributed by atoms with E-state index < -0.39 is 6.17 Å². The molecular weight excluding hydrogens is 393 g/mol. The molecule has 10 heteroatoms. The second-order valence-corrected chi connectivity index (χ2v) is 7.99. The summed E-state index contributed by atoms with van der Waals surface area (Å²) < 4.78 is 14.9. The van der Waals surface area contributed by atoms with E-state index in [-0.39, 0.29) is 11.8 Å². The minimum Gasteiger partial charge on any atom is -0.507 e. The van der Waals surface area contributed by atoms with E-state index >= 15 is 0 Å². The number of anilines is 1. The summed E-state index contributed by atoms with van der Waals surface area (Å²) in [4.78, 5) is 6.36. The quantitative estimate of drug-likeness (QED) is 0.474. The first-order valence-corrected chi connectivity index (χ1v) is 9.96. The summed E-state index contributed by atoms with van der Waals surface area (Å²) in [6.45, 7) is 0.944. The molecule has 1 saturated heterocycles. The lowest BCUT2D eigenvalue weighted by Gasteiger charge is -2.24. The van der Waals surface area contributed by atoms with Crippen molar-refractivity contribution in [2.24, 2.45) is 0 Å². The van der Waals surface area contributed by atoms with E-state index in [9.17, 15) is 9.50 Å². The van der Waals surface area contributed by atoms with Crippen LogP contribution in [0.2, 0.25) is 0 Å². The molecule has 1 fully saturated rings. The van der Waals surface area contributed by atoms with Crippen molar-refractivity contribution in [1.29, 1.82) is 0 Å². The average Bonchev–Trinajstić information content (AvgIpc) is 3.47. The van der Waals surface area contributed by atoms with Crippen LogP contribution in [0.3, 0.4) is 0 Å². The predicted molar refractivity (Wildman–Crippen MR) is 110 cm³/mol. The smallest absolute Gasteiger partial charge is 0.194 e. The van der Waals surface area contributed by atoms with Crippen LogP contribution in [0.5, 0.6) is 5.75 Å². The first-order chi connectivity index (χ1) is 14.1. The minimum atomic E-state index is -0.931. The summed E-state index contributed by atoms with van der Waals surface area (Å²) in [5, 5.41) is 29.4. The molecular formula is C19H18FN7OS.